The monoisotopic (exact) mass is 420 g/mol. The number of carbonyl (C=O) groups is 1. The summed E-state index contributed by atoms with van der Waals surface area (Å²) in [7, 11) is -8.74. The lowest BCUT2D eigenvalue weighted by Gasteiger charge is -2.41. The van der Waals surface area contributed by atoms with Crippen molar-refractivity contribution < 1.29 is 21.9 Å². The summed E-state index contributed by atoms with van der Waals surface area (Å²) in [6.45, 7) is 24.5. The van der Waals surface area contributed by atoms with E-state index < -0.39 is 39.7 Å². The first-order chi connectivity index (χ1) is 10.9. The summed E-state index contributed by atoms with van der Waals surface area (Å²) in [6.07, 6.45) is 1.79. The van der Waals surface area contributed by atoms with Gasteiger partial charge in [-0.05, 0) is 77.6 Å². The third-order valence-corrected chi connectivity index (χ3v) is 13.7. The molecule has 0 aromatic rings. The maximum Gasteiger partial charge on any atom is 0.497 e. The van der Waals surface area contributed by atoms with Crippen LogP contribution in [0.1, 0.15) is 6.92 Å². The number of carbonyl (C=O) groups excluding carboxylic acids is 1. The minimum atomic E-state index is -3.01. The molecule has 9 heteroatoms. The Labute approximate surface area is 158 Å². The summed E-state index contributed by atoms with van der Waals surface area (Å²) in [6, 6.07) is 0. The van der Waals surface area contributed by atoms with Crippen molar-refractivity contribution in [1.29, 1.82) is 0 Å². The molecule has 0 aliphatic heterocycles. The second-order valence-corrected chi connectivity index (χ2v) is 25.7. The SMILES string of the molecule is C=C(C)C(=O)OCC=C[Si](O[Si](C)(C)C)(O[Si](C)(C)C)O[Si](C)(C)C. The zero-order valence-electron chi connectivity index (χ0n) is 17.6. The van der Waals surface area contributed by atoms with Crippen molar-refractivity contribution >= 4 is 39.7 Å². The van der Waals surface area contributed by atoms with Gasteiger partial charge in [-0.25, -0.2) is 4.79 Å². The van der Waals surface area contributed by atoms with Gasteiger partial charge in [-0.3, -0.25) is 0 Å². The summed E-state index contributed by atoms with van der Waals surface area (Å²) < 4.78 is 24.6. The molecular weight excluding hydrogens is 385 g/mol. The number of hydrogen-bond acceptors (Lipinski definition) is 5. The number of ether oxygens (including phenoxy) is 1. The zero-order chi connectivity index (χ0) is 20.1. The van der Waals surface area contributed by atoms with Crippen molar-refractivity contribution in [3.8, 4) is 0 Å². The van der Waals surface area contributed by atoms with Crippen molar-refractivity contribution in [3.63, 3.8) is 0 Å². The van der Waals surface area contributed by atoms with E-state index in [0.717, 1.165) is 0 Å². The van der Waals surface area contributed by atoms with Gasteiger partial charge in [0.1, 0.15) is 6.61 Å². The highest BCUT2D eigenvalue weighted by molar-refractivity contribution is 6.92. The van der Waals surface area contributed by atoms with E-state index in [9.17, 15) is 4.79 Å². The molecular formula is C16H36O5Si4. The standard InChI is InChI=1S/C16H36O5Si4/c1-15(2)16(17)18-13-12-14-25(19-22(3,4)5,20-23(6,7)8)21-24(9,10)11/h12,14H,1,13H2,2-11H3. The molecule has 0 radical (unpaired) electrons. The van der Waals surface area contributed by atoms with Crippen molar-refractivity contribution in [3.05, 3.63) is 23.9 Å². The van der Waals surface area contributed by atoms with Crippen LogP contribution in [0.4, 0.5) is 0 Å². The Morgan fingerprint density at radius 3 is 1.48 bits per heavy atom. The molecule has 0 aromatic heterocycles. The topological polar surface area (TPSA) is 54.0 Å². The van der Waals surface area contributed by atoms with E-state index in [4.69, 9.17) is 17.1 Å². The summed E-state index contributed by atoms with van der Waals surface area (Å²) in [4.78, 5) is 11.5. The molecule has 0 unspecified atom stereocenters. The number of rotatable bonds is 10. The maximum atomic E-state index is 11.5. The van der Waals surface area contributed by atoms with Gasteiger partial charge < -0.3 is 17.1 Å². The van der Waals surface area contributed by atoms with E-state index in [0.29, 0.717) is 5.57 Å². The van der Waals surface area contributed by atoms with Crippen LogP contribution in [0.2, 0.25) is 58.9 Å². The Hall–Kier alpha value is -0.302. The third-order valence-electron chi connectivity index (χ3n) is 2.33. The van der Waals surface area contributed by atoms with Crippen LogP contribution in [0.3, 0.4) is 0 Å². The summed E-state index contributed by atoms with van der Waals surface area (Å²) in [5.74, 6) is -0.403. The fraction of sp³-hybridized carbons (Fsp3) is 0.688. The Morgan fingerprint density at radius 2 is 1.20 bits per heavy atom. The summed E-state index contributed by atoms with van der Waals surface area (Å²) in [5, 5.41) is 0. The molecule has 0 bridgehead atoms. The van der Waals surface area contributed by atoms with Gasteiger partial charge in [-0.2, -0.15) is 0 Å². The van der Waals surface area contributed by atoms with Crippen LogP contribution in [-0.4, -0.2) is 46.3 Å². The fourth-order valence-corrected chi connectivity index (χ4v) is 15.0. The lowest BCUT2D eigenvalue weighted by Crippen LogP contribution is -2.59. The van der Waals surface area contributed by atoms with Gasteiger partial charge in [-0.1, -0.05) is 6.58 Å². The van der Waals surface area contributed by atoms with Crippen LogP contribution in [0, 0.1) is 0 Å². The van der Waals surface area contributed by atoms with Crippen molar-refractivity contribution in [2.24, 2.45) is 0 Å². The molecule has 0 saturated heterocycles. The predicted molar refractivity (Wildman–Crippen MR) is 114 cm³/mol. The first kappa shape index (κ1) is 24.7. The molecule has 0 saturated carbocycles. The second kappa shape index (κ2) is 9.07. The largest absolute Gasteiger partial charge is 0.497 e. The van der Waals surface area contributed by atoms with Crippen molar-refractivity contribution in [1.82, 2.24) is 0 Å². The lowest BCUT2D eigenvalue weighted by molar-refractivity contribution is -0.137. The average molecular weight is 421 g/mol. The van der Waals surface area contributed by atoms with Crippen LogP contribution in [-0.2, 0) is 21.9 Å². The minimum absolute atomic E-state index is 0.152. The molecule has 5 nitrogen and oxygen atoms in total. The van der Waals surface area contributed by atoms with Crippen molar-refractivity contribution in [2.45, 2.75) is 65.8 Å². The van der Waals surface area contributed by atoms with Gasteiger partial charge in [0, 0.05) is 5.57 Å². The van der Waals surface area contributed by atoms with Gasteiger partial charge in [0.05, 0.1) is 0 Å². The molecule has 0 N–H and O–H groups in total. The number of hydrogen-bond donors (Lipinski definition) is 0. The van der Waals surface area contributed by atoms with Crippen LogP contribution in [0.5, 0.6) is 0 Å². The van der Waals surface area contributed by atoms with Crippen LogP contribution >= 0.6 is 0 Å². The summed E-state index contributed by atoms with van der Waals surface area (Å²) in [5.41, 5.74) is 2.28. The first-order valence-corrected chi connectivity index (χ1v) is 20.6. The van der Waals surface area contributed by atoms with Crippen molar-refractivity contribution in [2.75, 3.05) is 6.61 Å². The quantitative estimate of drug-likeness (QED) is 0.291. The Morgan fingerprint density at radius 1 is 0.840 bits per heavy atom. The molecule has 0 spiro atoms. The molecule has 0 aliphatic carbocycles. The molecule has 25 heavy (non-hydrogen) atoms. The van der Waals surface area contributed by atoms with Gasteiger partial charge >= 0.3 is 14.8 Å². The lowest BCUT2D eigenvalue weighted by atomic mass is 10.4. The Kier molecular flexibility index (Phi) is 8.96. The molecule has 0 rings (SSSR count). The molecule has 0 atom stereocenters. The highest BCUT2D eigenvalue weighted by Gasteiger charge is 2.48. The van der Waals surface area contributed by atoms with E-state index in [2.05, 4.69) is 65.5 Å². The van der Waals surface area contributed by atoms with Crippen LogP contribution in [0.15, 0.2) is 23.9 Å². The second-order valence-electron chi connectivity index (χ2n) is 9.03. The highest BCUT2D eigenvalue weighted by Crippen LogP contribution is 2.26. The first-order valence-electron chi connectivity index (χ1n) is 8.56. The third kappa shape index (κ3) is 12.6. The van der Waals surface area contributed by atoms with Gasteiger partial charge in [-0.15, -0.1) is 0 Å². The van der Waals surface area contributed by atoms with Gasteiger partial charge in [0.2, 0.25) is 0 Å². The molecule has 0 fully saturated rings. The predicted octanol–water partition coefficient (Wildman–Crippen LogP) is 4.69. The molecule has 0 aromatic carbocycles. The van der Waals surface area contributed by atoms with E-state index in [1.165, 1.54) is 0 Å². The summed E-state index contributed by atoms with van der Waals surface area (Å²) >= 11 is 0. The Bertz CT molecular complexity index is 457. The van der Waals surface area contributed by atoms with E-state index in [1.54, 1.807) is 13.0 Å². The molecule has 0 amide bonds. The average Bonchev–Trinajstić information content (AvgIpc) is 2.27. The fourth-order valence-electron chi connectivity index (χ4n) is 1.88. The Balaban J connectivity index is 5.57. The number of esters is 1. The minimum Gasteiger partial charge on any atom is -0.458 e. The van der Waals surface area contributed by atoms with E-state index >= 15 is 0 Å². The zero-order valence-corrected chi connectivity index (χ0v) is 21.6. The normalized spacial score (nSPS) is 14.0. The molecule has 0 heterocycles. The van der Waals surface area contributed by atoms with Crippen LogP contribution < -0.4 is 0 Å². The molecule has 146 valence electrons. The smallest absolute Gasteiger partial charge is 0.458 e. The van der Waals surface area contributed by atoms with Crippen LogP contribution in [0.25, 0.3) is 0 Å². The maximum absolute atomic E-state index is 11.5. The van der Waals surface area contributed by atoms with E-state index in [1.807, 2.05) is 5.70 Å². The van der Waals surface area contributed by atoms with E-state index in [-0.39, 0.29) is 6.61 Å². The van der Waals surface area contributed by atoms with Gasteiger partial charge in [0.15, 0.2) is 25.0 Å². The highest BCUT2D eigenvalue weighted by atomic mass is 28.5. The molecule has 0 aliphatic rings. The van der Waals surface area contributed by atoms with Gasteiger partial charge in [0.25, 0.3) is 0 Å².